The number of carboxylic acids is 1. The molecule has 3 nitrogen and oxygen atoms in total. The third kappa shape index (κ3) is 21.4. The number of unbranched alkanes of at least 4 members (excludes halogenated alkanes) is 12. The smallest absolute Gasteiger partial charge is 0.304 e. The summed E-state index contributed by atoms with van der Waals surface area (Å²) in [7, 11) is 0. The van der Waals surface area contributed by atoms with Gasteiger partial charge in [-0.3, -0.25) is 4.79 Å². The Labute approximate surface area is 151 Å². The summed E-state index contributed by atoms with van der Waals surface area (Å²) in [5.41, 5.74) is 0. The first-order valence-corrected chi connectivity index (χ1v) is 10.6. The number of carbonyl (C=O) groups is 1. The van der Waals surface area contributed by atoms with Crippen LogP contribution in [0.3, 0.4) is 0 Å². The highest BCUT2D eigenvalue weighted by atomic mass is 16.4. The van der Waals surface area contributed by atoms with Gasteiger partial charge < -0.3 is 10.4 Å². The van der Waals surface area contributed by atoms with Crippen molar-refractivity contribution in [3.63, 3.8) is 0 Å². The van der Waals surface area contributed by atoms with Gasteiger partial charge in [0.1, 0.15) is 0 Å². The number of nitrogens with one attached hydrogen (secondary N) is 1. The molecule has 0 radical (unpaired) electrons. The first-order chi connectivity index (χ1) is 11.6. The van der Waals surface area contributed by atoms with Gasteiger partial charge in [0.25, 0.3) is 0 Å². The third-order valence-corrected chi connectivity index (χ3v) is 4.65. The number of rotatable bonds is 19. The fourth-order valence-corrected chi connectivity index (χ4v) is 3.07. The molecule has 0 atom stereocenters. The van der Waals surface area contributed by atoms with Crippen molar-refractivity contribution in [2.75, 3.05) is 13.1 Å². The Balaban J connectivity index is 2.99. The molecule has 0 amide bonds. The molecule has 0 aromatic heterocycles. The maximum absolute atomic E-state index is 10.3. The van der Waals surface area contributed by atoms with Crippen LogP contribution in [0.1, 0.15) is 110 Å². The van der Waals surface area contributed by atoms with E-state index in [1.54, 1.807) is 0 Å². The van der Waals surface area contributed by atoms with E-state index in [2.05, 4.69) is 19.2 Å². The molecule has 0 aliphatic heterocycles. The third-order valence-electron chi connectivity index (χ3n) is 4.65. The molecule has 0 aromatic carbocycles. The molecule has 144 valence electrons. The fraction of sp³-hybridized carbons (Fsp3) is 0.952. The Hall–Kier alpha value is -0.570. The van der Waals surface area contributed by atoms with Crippen LogP contribution in [-0.2, 0) is 4.79 Å². The minimum atomic E-state index is -0.714. The van der Waals surface area contributed by atoms with E-state index < -0.39 is 5.97 Å². The van der Waals surface area contributed by atoms with Crippen molar-refractivity contribution in [3.05, 3.63) is 0 Å². The molecule has 0 rings (SSSR count). The van der Waals surface area contributed by atoms with Crippen molar-refractivity contribution < 1.29 is 9.90 Å². The molecule has 24 heavy (non-hydrogen) atoms. The molecule has 0 spiro atoms. The quantitative estimate of drug-likeness (QED) is 0.276. The predicted molar refractivity (Wildman–Crippen MR) is 105 cm³/mol. The Kier molecular flexibility index (Phi) is 18.3. The molecule has 0 aliphatic carbocycles. The van der Waals surface area contributed by atoms with E-state index in [0.717, 1.165) is 12.5 Å². The van der Waals surface area contributed by atoms with Crippen LogP contribution in [0.5, 0.6) is 0 Å². The van der Waals surface area contributed by atoms with Gasteiger partial charge in [0.15, 0.2) is 0 Å². The Bertz CT molecular complexity index is 267. The molecule has 3 heteroatoms. The van der Waals surface area contributed by atoms with Gasteiger partial charge in [0.05, 0.1) is 6.42 Å². The van der Waals surface area contributed by atoms with Crippen LogP contribution >= 0.6 is 0 Å². The SMILES string of the molecule is CC(C)CCCCCCCCCCCCCCCNCCC(=O)O. The van der Waals surface area contributed by atoms with Crippen LogP contribution in [0.25, 0.3) is 0 Å². The van der Waals surface area contributed by atoms with Gasteiger partial charge in [-0.2, -0.15) is 0 Å². The second kappa shape index (κ2) is 18.8. The lowest BCUT2D eigenvalue weighted by atomic mass is 10.0. The summed E-state index contributed by atoms with van der Waals surface area (Å²) in [5, 5.41) is 11.7. The van der Waals surface area contributed by atoms with E-state index >= 15 is 0 Å². The van der Waals surface area contributed by atoms with Gasteiger partial charge in [0.2, 0.25) is 0 Å². The van der Waals surface area contributed by atoms with E-state index in [0.29, 0.717) is 6.54 Å². The first-order valence-electron chi connectivity index (χ1n) is 10.6. The van der Waals surface area contributed by atoms with Gasteiger partial charge in [0, 0.05) is 6.54 Å². The molecule has 0 aromatic rings. The van der Waals surface area contributed by atoms with Crippen LogP contribution in [0.4, 0.5) is 0 Å². The fourth-order valence-electron chi connectivity index (χ4n) is 3.07. The highest BCUT2D eigenvalue weighted by Gasteiger charge is 1.97. The number of hydrogen-bond donors (Lipinski definition) is 2. The van der Waals surface area contributed by atoms with Crippen molar-refractivity contribution in [1.82, 2.24) is 5.32 Å². The van der Waals surface area contributed by atoms with Crippen molar-refractivity contribution in [3.8, 4) is 0 Å². The number of aliphatic carboxylic acids is 1. The zero-order valence-electron chi connectivity index (χ0n) is 16.5. The normalized spacial score (nSPS) is 11.3. The highest BCUT2D eigenvalue weighted by molar-refractivity contribution is 5.66. The Morgan fingerprint density at radius 3 is 1.54 bits per heavy atom. The second-order valence-corrected chi connectivity index (χ2v) is 7.67. The summed E-state index contributed by atoms with van der Waals surface area (Å²) in [6.45, 7) is 6.20. The van der Waals surface area contributed by atoms with E-state index in [9.17, 15) is 4.79 Å². The van der Waals surface area contributed by atoms with Crippen LogP contribution in [0.15, 0.2) is 0 Å². The summed E-state index contributed by atoms with van der Waals surface area (Å²) in [6.07, 6.45) is 19.6. The van der Waals surface area contributed by atoms with Crippen LogP contribution in [-0.4, -0.2) is 24.2 Å². The molecule has 0 fully saturated rings. The zero-order chi connectivity index (χ0) is 17.9. The molecule has 0 unspecified atom stereocenters. The molecule has 0 heterocycles. The summed E-state index contributed by atoms with van der Waals surface area (Å²) in [6, 6.07) is 0. The summed E-state index contributed by atoms with van der Waals surface area (Å²) in [4.78, 5) is 10.3. The van der Waals surface area contributed by atoms with Crippen LogP contribution < -0.4 is 5.32 Å². The van der Waals surface area contributed by atoms with E-state index in [-0.39, 0.29) is 6.42 Å². The predicted octanol–water partition coefficient (Wildman–Crippen LogP) is 6.17. The number of carboxylic acid groups (broad SMARTS) is 1. The molecule has 0 saturated heterocycles. The van der Waals surface area contributed by atoms with E-state index in [1.807, 2.05) is 0 Å². The monoisotopic (exact) mass is 341 g/mol. The lowest BCUT2D eigenvalue weighted by Crippen LogP contribution is -2.19. The average molecular weight is 342 g/mol. The largest absolute Gasteiger partial charge is 0.481 e. The molecule has 0 saturated carbocycles. The van der Waals surface area contributed by atoms with Crippen LogP contribution in [0, 0.1) is 5.92 Å². The zero-order valence-corrected chi connectivity index (χ0v) is 16.5. The minimum absolute atomic E-state index is 0.234. The average Bonchev–Trinajstić information content (AvgIpc) is 2.53. The van der Waals surface area contributed by atoms with Crippen molar-refractivity contribution >= 4 is 5.97 Å². The maximum atomic E-state index is 10.3. The summed E-state index contributed by atoms with van der Waals surface area (Å²) >= 11 is 0. The maximum Gasteiger partial charge on any atom is 0.304 e. The van der Waals surface area contributed by atoms with Gasteiger partial charge in [-0.15, -0.1) is 0 Å². The van der Waals surface area contributed by atoms with Crippen molar-refractivity contribution in [2.24, 2.45) is 5.92 Å². The lowest BCUT2D eigenvalue weighted by molar-refractivity contribution is -0.136. The standard InChI is InChI=1S/C21H43NO2/c1-20(2)16-14-12-10-8-6-4-3-5-7-9-11-13-15-18-22-19-17-21(23)24/h20,22H,3-19H2,1-2H3,(H,23,24). The number of hydrogen-bond acceptors (Lipinski definition) is 2. The van der Waals surface area contributed by atoms with E-state index in [1.165, 1.54) is 89.9 Å². The highest BCUT2D eigenvalue weighted by Crippen LogP contribution is 2.14. The van der Waals surface area contributed by atoms with Crippen molar-refractivity contribution in [2.45, 2.75) is 110 Å². The van der Waals surface area contributed by atoms with Gasteiger partial charge in [-0.25, -0.2) is 0 Å². The lowest BCUT2D eigenvalue weighted by Gasteiger charge is -2.05. The molecular formula is C21H43NO2. The van der Waals surface area contributed by atoms with E-state index in [4.69, 9.17) is 5.11 Å². The molecule has 2 N–H and O–H groups in total. The van der Waals surface area contributed by atoms with Gasteiger partial charge in [-0.05, 0) is 18.9 Å². The Morgan fingerprint density at radius 1 is 0.708 bits per heavy atom. The van der Waals surface area contributed by atoms with Gasteiger partial charge in [-0.1, -0.05) is 97.3 Å². The first kappa shape index (κ1) is 23.4. The van der Waals surface area contributed by atoms with Crippen LogP contribution in [0.2, 0.25) is 0 Å². The topological polar surface area (TPSA) is 49.3 Å². The summed E-state index contributed by atoms with van der Waals surface area (Å²) in [5.74, 6) is 0.159. The van der Waals surface area contributed by atoms with Crippen molar-refractivity contribution in [1.29, 1.82) is 0 Å². The molecule has 0 aliphatic rings. The van der Waals surface area contributed by atoms with Gasteiger partial charge >= 0.3 is 5.97 Å². The second-order valence-electron chi connectivity index (χ2n) is 7.67. The summed E-state index contributed by atoms with van der Waals surface area (Å²) < 4.78 is 0. The molecule has 0 bridgehead atoms. The Morgan fingerprint density at radius 2 is 1.12 bits per heavy atom. The molecular weight excluding hydrogens is 298 g/mol. The minimum Gasteiger partial charge on any atom is -0.481 e.